The van der Waals surface area contributed by atoms with E-state index in [1.807, 2.05) is 0 Å². The molecule has 1 aliphatic carbocycles. The molecular formula is C14H24N4. The van der Waals surface area contributed by atoms with Crippen LogP contribution in [0.2, 0.25) is 0 Å². The highest BCUT2D eigenvalue weighted by Crippen LogP contribution is 2.26. The third-order valence-electron chi connectivity index (χ3n) is 4.08. The van der Waals surface area contributed by atoms with Gasteiger partial charge in [-0.25, -0.2) is 4.98 Å². The summed E-state index contributed by atoms with van der Waals surface area (Å²) in [6.45, 7) is 9.15. The van der Waals surface area contributed by atoms with Crippen molar-refractivity contribution in [2.24, 2.45) is 5.92 Å². The average molecular weight is 248 g/mol. The first kappa shape index (κ1) is 12.0. The Hall–Kier alpha value is -1.03. The van der Waals surface area contributed by atoms with Crippen LogP contribution in [0.15, 0.2) is 6.20 Å². The molecule has 0 amide bonds. The van der Waals surface area contributed by atoms with Crippen LogP contribution in [0.5, 0.6) is 0 Å². The van der Waals surface area contributed by atoms with E-state index in [1.165, 1.54) is 38.9 Å². The minimum atomic E-state index is 0.682. The first-order chi connectivity index (χ1) is 8.74. The van der Waals surface area contributed by atoms with Gasteiger partial charge < -0.3 is 14.8 Å². The van der Waals surface area contributed by atoms with Crippen LogP contribution in [-0.2, 0) is 6.54 Å². The lowest BCUT2D eigenvalue weighted by molar-refractivity contribution is 0.333. The Labute approximate surface area is 109 Å². The molecule has 1 aliphatic heterocycles. The molecule has 1 atom stereocenters. The fraction of sp³-hybridized carbons (Fsp3) is 0.786. The fourth-order valence-electron chi connectivity index (χ4n) is 2.84. The first-order valence-electron chi connectivity index (χ1n) is 7.27. The van der Waals surface area contributed by atoms with Gasteiger partial charge in [0.2, 0.25) is 5.95 Å². The Balaban J connectivity index is 1.64. The summed E-state index contributed by atoms with van der Waals surface area (Å²) in [6, 6.07) is 0.682. The number of hydrogen-bond donors (Lipinski definition) is 1. The summed E-state index contributed by atoms with van der Waals surface area (Å²) < 4.78 is 2.33. The quantitative estimate of drug-likeness (QED) is 0.866. The van der Waals surface area contributed by atoms with E-state index in [4.69, 9.17) is 0 Å². The maximum Gasteiger partial charge on any atom is 0.203 e. The molecule has 1 saturated heterocycles. The van der Waals surface area contributed by atoms with Gasteiger partial charge in [-0.15, -0.1) is 0 Å². The van der Waals surface area contributed by atoms with Crippen LogP contribution in [0, 0.1) is 12.8 Å². The standard InChI is InChI=1S/C14H24N4/c1-3-17-7-6-12(9-17)10-18-8-11(2)15-14(18)16-13-4-5-13/h8,12-13H,3-7,9-10H2,1-2H3,(H,15,16). The summed E-state index contributed by atoms with van der Waals surface area (Å²) in [4.78, 5) is 7.15. The third-order valence-corrected chi connectivity index (χ3v) is 4.08. The van der Waals surface area contributed by atoms with E-state index < -0.39 is 0 Å². The van der Waals surface area contributed by atoms with Crippen LogP contribution >= 0.6 is 0 Å². The summed E-state index contributed by atoms with van der Waals surface area (Å²) >= 11 is 0. The number of anilines is 1. The lowest BCUT2D eigenvalue weighted by Gasteiger charge is -2.15. The lowest BCUT2D eigenvalue weighted by Crippen LogP contribution is -2.21. The molecule has 0 radical (unpaired) electrons. The zero-order valence-corrected chi connectivity index (χ0v) is 11.5. The summed E-state index contributed by atoms with van der Waals surface area (Å²) in [6.07, 6.45) is 6.13. The van der Waals surface area contributed by atoms with Gasteiger partial charge in [0.05, 0.1) is 5.69 Å². The van der Waals surface area contributed by atoms with E-state index in [0.29, 0.717) is 6.04 Å². The highest BCUT2D eigenvalue weighted by molar-refractivity contribution is 5.32. The molecule has 1 saturated carbocycles. The van der Waals surface area contributed by atoms with Crippen molar-refractivity contribution >= 4 is 5.95 Å². The van der Waals surface area contributed by atoms with Gasteiger partial charge in [-0.2, -0.15) is 0 Å². The molecule has 4 nitrogen and oxygen atoms in total. The van der Waals surface area contributed by atoms with Crippen LogP contribution in [0.3, 0.4) is 0 Å². The second kappa shape index (κ2) is 4.92. The zero-order valence-electron chi connectivity index (χ0n) is 11.5. The van der Waals surface area contributed by atoms with Gasteiger partial charge in [0.1, 0.15) is 0 Å². The molecule has 2 aliphatic rings. The molecule has 1 aromatic rings. The van der Waals surface area contributed by atoms with Crippen molar-refractivity contribution in [2.45, 2.75) is 45.7 Å². The molecular weight excluding hydrogens is 224 g/mol. The topological polar surface area (TPSA) is 33.1 Å². The number of rotatable bonds is 5. The minimum Gasteiger partial charge on any atom is -0.353 e. The van der Waals surface area contributed by atoms with E-state index in [1.54, 1.807) is 0 Å². The molecule has 100 valence electrons. The number of aryl methyl sites for hydroxylation is 1. The second-order valence-corrected chi connectivity index (χ2v) is 5.82. The highest BCUT2D eigenvalue weighted by Gasteiger charge is 2.25. The molecule has 1 aromatic heterocycles. The van der Waals surface area contributed by atoms with Gasteiger partial charge in [0.25, 0.3) is 0 Å². The van der Waals surface area contributed by atoms with Crippen molar-refractivity contribution in [1.82, 2.24) is 14.5 Å². The predicted octanol–water partition coefficient (Wildman–Crippen LogP) is 2.11. The van der Waals surface area contributed by atoms with Crippen LogP contribution in [0.25, 0.3) is 0 Å². The molecule has 3 rings (SSSR count). The SMILES string of the molecule is CCN1CCC(Cn2cc(C)nc2NC2CC2)C1. The number of nitrogens with one attached hydrogen (secondary N) is 1. The summed E-state index contributed by atoms with van der Waals surface area (Å²) in [5.74, 6) is 1.88. The first-order valence-corrected chi connectivity index (χ1v) is 7.27. The Kier molecular flexibility index (Phi) is 3.29. The van der Waals surface area contributed by atoms with Crippen molar-refractivity contribution in [1.29, 1.82) is 0 Å². The van der Waals surface area contributed by atoms with E-state index in [-0.39, 0.29) is 0 Å². The van der Waals surface area contributed by atoms with E-state index in [2.05, 4.69) is 39.8 Å². The normalized spacial score (nSPS) is 24.7. The Morgan fingerprint density at radius 2 is 2.22 bits per heavy atom. The summed E-state index contributed by atoms with van der Waals surface area (Å²) in [5, 5.41) is 3.54. The molecule has 0 aromatic carbocycles. The number of hydrogen-bond acceptors (Lipinski definition) is 3. The molecule has 1 N–H and O–H groups in total. The number of nitrogens with zero attached hydrogens (tertiary/aromatic N) is 3. The Morgan fingerprint density at radius 1 is 1.39 bits per heavy atom. The van der Waals surface area contributed by atoms with Gasteiger partial charge >= 0.3 is 0 Å². The van der Waals surface area contributed by atoms with E-state index in [0.717, 1.165) is 24.1 Å². The lowest BCUT2D eigenvalue weighted by atomic mass is 10.1. The van der Waals surface area contributed by atoms with Gasteiger partial charge in [0.15, 0.2) is 0 Å². The van der Waals surface area contributed by atoms with Gasteiger partial charge in [-0.1, -0.05) is 6.92 Å². The van der Waals surface area contributed by atoms with Crippen molar-refractivity contribution in [3.05, 3.63) is 11.9 Å². The maximum absolute atomic E-state index is 4.61. The van der Waals surface area contributed by atoms with Crippen molar-refractivity contribution in [3.8, 4) is 0 Å². The van der Waals surface area contributed by atoms with Crippen LogP contribution < -0.4 is 5.32 Å². The molecule has 2 heterocycles. The molecule has 18 heavy (non-hydrogen) atoms. The molecule has 4 heteroatoms. The van der Waals surface area contributed by atoms with Gasteiger partial charge in [-0.05, 0) is 45.2 Å². The maximum atomic E-state index is 4.61. The predicted molar refractivity (Wildman–Crippen MR) is 73.8 cm³/mol. The van der Waals surface area contributed by atoms with Crippen LogP contribution in [-0.4, -0.2) is 40.1 Å². The van der Waals surface area contributed by atoms with Crippen molar-refractivity contribution in [2.75, 3.05) is 25.0 Å². The summed E-state index contributed by atoms with van der Waals surface area (Å²) in [5.41, 5.74) is 1.13. The smallest absolute Gasteiger partial charge is 0.203 e. The number of imidazole rings is 1. The largest absolute Gasteiger partial charge is 0.353 e. The third kappa shape index (κ3) is 2.69. The number of aromatic nitrogens is 2. The van der Waals surface area contributed by atoms with E-state index in [9.17, 15) is 0 Å². The van der Waals surface area contributed by atoms with Crippen molar-refractivity contribution < 1.29 is 0 Å². The molecule has 0 spiro atoms. The van der Waals surface area contributed by atoms with E-state index >= 15 is 0 Å². The molecule has 0 bridgehead atoms. The average Bonchev–Trinajstić information content (AvgIpc) is 2.93. The summed E-state index contributed by atoms with van der Waals surface area (Å²) in [7, 11) is 0. The van der Waals surface area contributed by atoms with Crippen LogP contribution in [0.1, 0.15) is 31.9 Å². The highest BCUT2D eigenvalue weighted by atomic mass is 15.2. The minimum absolute atomic E-state index is 0.682. The molecule has 2 fully saturated rings. The Bertz CT molecular complexity index is 408. The Morgan fingerprint density at radius 3 is 2.89 bits per heavy atom. The monoisotopic (exact) mass is 248 g/mol. The fourth-order valence-corrected chi connectivity index (χ4v) is 2.84. The van der Waals surface area contributed by atoms with Crippen LogP contribution in [0.4, 0.5) is 5.95 Å². The number of likely N-dealkylation sites (tertiary alicyclic amines) is 1. The van der Waals surface area contributed by atoms with Gasteiger partial charge in [-0.3, -0.25) is 0 Å². The second-order valence-electron chi connectivity index (χ2n) is 5.82. The van der Waals surface area contributed by atoms with Gasteiger partial charge in [0, 0.05) is 25.3 Å². The van der Waals surface area contributed by atoms with Crippen molar-refractivity contribution in [3.63, 3.8) is 0 Å². The molecule has 1 unspecified atom stereocenters. The zero-order chi connectivity index (χ0) is 12.5.